The zero-order valence-electron chi connectivity index (χ0n) is 9.84. The highest BCUT2D eigenvalue weighted by Gasteiger charge is 2.04. The molecule has 0 radical (unpaired) electrons. The maximum atomic E-state index is 4.97. The predicted molar refractivity (Wildman–Crippen MR) is 64.9 cm³/mol. The van der Waals surface area contributed by atoms with Crippen molar-refractivity contribution >= 4 is 0 Å². The number of para-hydroxylation sites is 1. The molecule has 1 N–H and O–H groups in total. The lowest BCUT2D eigenvalue weighted by Gasteiger charge is -2.07. The van der Waals surface area contributed by atoms with Gasteiger partial charge in [-0.15, -0.1) is 10.2 Å². The highest BCUT2D eigenvalue weighted by Crippen LogP contribution is 2.08. The topological polar surface area (TPSA) is 52.0 Å². The molecule has 2 rings (SSSR count). The Morgan fingerprint density at radius 1 is 1.29 bits per heavy atom. The van der Waals surface area contributed by atoms with E-state index in [0.717, 1.165) is 18.1 Å². The van der Waals surface area contributed by atoms with Gasteiger partial charge in [-0.05, 0) is 12.1 Å². The van der Waals surface area contributed by atoms with E-state index >= 15 is 0 Å². The van der Waals surface area contributed by atoms with Crippen LogP contribution in [0.5, 0.6) is 0 Å². The van der Waals surface area contributed by atoms with Crippen molar-refractivity contribution in [2.24, 2.45) is 0 Å². The Balaban J connectivity index is 2.02. The SMILES string of the molecule is COCCNCc1nncn1-c1ccccc1. The zero-order chi connectivity index (χ0) is 11.9. The van der Waals surface area contributed by atoms with Gasteiger partial charge in [-0.2, -0.15) is 0 Å². The Morgan fingerprint density at radius 3 is 2.88 bits per heavy atom. The Hall–Kier alpha value is -1.72. The summed E-state index contributed by atoms with van der Waals surface area (Å²) in [4.78, 5) is 0. The summed E-state index contributed by atoms with van der Waals surface area (Å²) in [6.45, 7) is 2.18. The van der Waals surface area contributed by atoms with Gasteiger partial charge in [0.2, 0.25) is 0 Å². The highest BCUT2D eigenvalue weighted by atomic mass is 16.5. The van der Waals surface area contributed by atoms with Gasteiger partial charge in [-0.3, -0.25) is 4.57 Å². The van der Waals surface area contributed by atoms with Crippen LogP contribution in [0.2, 0.25) is 0 Å². The van der Waals surface area contributed by atoms with Gasteiger partial charge in [0, 0.05) is 19.3 Å². The number of nitrogens with zero attached hydrogens (tertiary/aromatic N) is 3. The first-order valence-corrected chi connectivity index (χ1v) is 5.56. The number of nitrogens with one attached hydrogen (secondary N) is 1. The Kier molecular flexibility index (Phi) is 4.23. The van der Waals surface area contributed by atoms with Crippen molar-refractivity contribution in [1.82, 2.24) is 20.1 Å². The smallest absolute Gasteiger partial charge is 0.151 e. The van der Waals surface area contributed by atoms with E-state index in [1.807, 2.05) is 34.9 Å². The van der Waals surface area contributed by atoms with Crippen molar-refractivity contribution in [3.63, 3.8) is 0 Å². The van der Waals surface area contributed by atoms with E-state index in [9.17, 15) is 0 Å². The number of methoxy groups -OCH3 is 1. The van der Waals surface area contributed by atoms with Crippen LogP contribution in [0.3, 0.4) is 0 Å². The molecule has 0 fully saturated rings. The standard InChI is InChI=1S/C12H16N4O/c1-17-8-7-13-9-12-15-14-10-16(12)11-5-3-2-4-6-11/h2-6,10,13H,7-9H2,1H3. The van der Waals surface area contributed by atoms with Gasteiger partial charge in [0.15, 0.2) is 5.82 Å². The van der Waals surface area contributed by atoms with Gasteiger partial charge in [0.1, 0.15) is 6.33 Å². The Bertz CT molecular complexity index is 441. The van der Waals surface area contributed by atoms with E-state index in [0.29, 0.717) is 13.2 Å². The number of benzene rings is 1. The van der Waals surface area contributed by atoms with E-state index in [-0.39, 0.29) is 0 Å². The molecule has 17 heavy (non-hydrogen) atoms. The molecule has 0 saturated heterocycles. The third-order valence-corrected chi connectivity index (χ3v) is 2.42. The number of hydrogen-bond donors (Lipinski definition) is 1. The lowest BCUT2D eigenvalue weighted by molar-refractivity contribution is 0.199. The third-order valence-electron chi connectivity index (χ3n) is 2.42. The Morgan fingerprint density at radius 2 is 2.12 bits per heavy atom. The van der Waals surface area contributed by atoms with E-state index in [4.69, 9.17) is 4.74 Å². The molecule has 5 nitrogen and oxygen atoms in total. The maximum Gasteiger partial charge on any atom is 0.151 e. The molecule has 1 aromatic carbocycles. The molecule has 90 valence electrons. The summed E-state index contributed by atoms with van der Waals surface area (Å²) < 4.78 is 6.94. The van der Waals surface area contributed by atoms with E-state index in [1.54, 1.807) is 13.4 Å². The first-order chi connectivity index (χ1) is 8.42. The van der Waals surface area contributed by atoms with Crippen molar-refractivity contribution in [2.75, 3.05) is 20.3 Å². The normalized spacial score (nSPS) is 10.6. The second kappa shape index (κ2) is 6.12. The lowest BCUT2D eigenvalue weighted by atomic mass is 10.3. The van der Waals surface area contributed by atoms with Crippen LogP contribution < -0.4 is 5.32 Å². The van der Waals surface area contributed by atoms with E-state index in [2.05, 4.69) is 15.5 Å². The molecule has 1 aromatic heterocycles. The predicted octanol–water partition coefficient (Wildman–Crippen LogP) is 1.00. The minimum absolute atomic E-state index is 0.679. The van der Waals surface area contributed by atoms with Crippen LogP contribution in [-0.4, -0.2) is 35.0 Å². The highest BCUT2D eigenvalue weighted by molar-refractivity contribution is 5.31. The maximum absolute atomic E-state index is 4.97. The monoisotopic (exact) mass is 232 g/mol. The van der Waals surface area contributed by atoms with Crippen molar-refractivity contribution in [2.45, 2.75) is 6.54 Å². The van der Waals surface area contributed by atoms with Crippen LogP contribution in [0, 0.1) is 0 Å². The molecule has 0 aliphatic carbocycles. The molecular formula is C12H16N4O. The summed E-state index contributed by atoms with van der Waals surface area (Å²) in [6, 6.07) is 10.0. The molecule has 5 heteroatoms. The van der Waals surface area contributed by atoms with Crippen LogP contribution in [0.1, 0.15) is 5.82 Å². The van der Waals surface area contributed by atoms with Crippen molar-refractivity contribution in [1.29, 1.82) is 0 Å². The third kappa shape index (κ3) is 3.12. The van der Waals surface area contributed by atoms with Gasteiger partial charge >= 0.3 is 0 Å². The molecule has 0 unspecified atom stereocenters. The minimum Gasteiger partial charge on any atom is -0.383 e. The summed E-state index contributed by atoms with van der Waals surface area (Å²) >= 11 is 0. The molecule has 0 aliphatic rings. The van der Waals surface area contributed by atoms with Crippen LogP contribution in [-0.2, 0) is 11.3 Å². The Labute approximate surface area is 100 Å². The second-order valence-electron chi connectivity index (χ2n) is 3.62. The summed E-state index contributed by atoms with van der Waals surface area (Å²) in [6.07, 6.45) is 1.72. The fourth-order valence-corrected chi connectivity index (χ4v) is 1.56. The number of ether oxygens (including phenoxy) is 1. The van der Waals surface area contributed by atoms with E-state index in [1.165, 1.54) is 0 Å². The summed E-state index contributed by atoms with van der Waals surface area (Å²) in [5.74, 6) is 0.896. The molecule has 0 aliphatic heterocycles. The number of hydrogen-bond acceptors (Lipinski definition) is 4. The van der Waals surface area contributed by atoms with Crippen LogP contribution in [0.15, 0.2) is 36.7 Å². The van der Waals surface area contributed by atoms with Gasteiger partial charge in [0.25, 0.3) is 0 Å². The molecule has 0 spiro atoms. The molecule has 2 aromatic rings. The van der Waals surface area contributed by atoms with Gasteiger partial charge in [-0.25, -0.2) is 0 Å². The van der Waals surface area contributed by atoms with Crippen molar-refractivity contribution < 1.29 is 4.74 Å². The summed E-state index contributed by atoms with van der Waals surface area (Å²) in [5.41, 5.74) is 1.07. The minimum atomic E-state index is 0.679. The summed E-state index contributed by atoms with van der Waals surface area (Å²) in [7, 11) is 1.69. The van der Waals surface area contributed by atoms with Crippen molar-refractivity contribution in [3.8, 4) is 5.69 Å². The quantitative estimate of drug-likeness (QED) is 0.755. The molecular weight excluding hydrogens is 216 g/mol. The fourth-order valence-electron chi connectivity index (χ4n) is 1.56. The van der Waals surface area contributed by atoms with Crippen LogP contribution in [0.25, 0.3) is 5.69 Å². The first-order valence-electron chi connectivity index (χ1n) is 5.56. The van der Waals surface area contributed by atoms with Crippen molar-refractivity contribution in [3.05, 3.63) is 42.5 Å². The van der Waals surface area contributed by atoms with Gasteiger partial charge in [0.05, 0.1) is 13.2 Å². The molecule has 1 heterocycles. The second-order valence-corrected chi connectivity index (χ2v) is 3.62. The first kappa shape index (κ1) is 11.8. The number of aromatic nitrogens is 3. The number of rotatable bonds is 6. The van der Waals surface area contributed by atoms with Crippen LogP contribution in [0.4, 0.5) is 0 Å². The molecule has 0 atom stereocenters. The molecule has 0 bridgehead atoms. The summed E-state index contributed by atoms with van der Waals surface area (Å²) in [5, 5.41) is 11.3. The zero-order valence-corrected chi connectivity index (χ0v) is 9.84. The average Bonchev–Trinajstić information content (AvgIpc) is 2.84. The van der Waals surface area contributed by atoms with Crippen LogP contribution >= 0.6 is 0 Å². The molecule has 0 saturated carbocycles. The fraction of sp³-hybridized carbons (Fsp3) is 0.333. The largest absolute Gasteiger partial charge is 0.383 e. The van der Waals surface area contributed by atoms with Gasteiger partial charge in [-0.1, -0.05) is 18.2 Å². The lowest BCUT2D eigenvalue weighted by Crippen LogP contribution is -2.20. The average molecular weight is 232 g/mol. The van der Waals surface area contributed by atoms with Gasteiger partial charge < -0.3 is 10.1 Å². The van der Waals surface area contributed by atoms with E-state index < -0.39 is 0 Å². The molecule has 0 amide bonds.